The van der Waals surface area contributed by atoms with Crippen LogP contribution in [0.2, 0.25) is 0 Å². The minimum absolute atomic E-state index is 0.346. The summed E-state index contributed by atoms with van der Waals surface area (Å²) >= 11 is 0. The first kappa shape index (κ1) is 25.8. The molecule has 1 unspecified atom stereocenters. The highest BCUT2D eigenvalue weighted by molar-refractivity contribution is 5.81. The van der Waals surface area contributed by atoms with E-state index in [4.69, 9.17) is 5.73 Å². The molecule has 1 saturated carbocycles. The van der Waals surface area contributed by atoms with Crippen molar-refractivity contribution in [2.45, 2.75) is 108 Å². The van der Waals surface area contributed by atoms with Crippen LogP contribution in [0.5, 0.6) is 0 Å². The van der Waals surface area contributed by atoms with Gasteiger partial charge in [-0.1, -0.05) is 51.2 Å². The van der Waals surface area contributed by atoms with E-state index in [1.165, 1.54) is 12.8 Å². The minimum Gasteiger partial charge on any atom is -0.480 e. The zero-order chi connectivity index (χ0) is 21.8. The third kappa shape index (κ3) is 7.83. The lowest BCUT2D eigenvalue weighted by Gasteiger charge is -2.35. The zero-order valence-electron chi connectivity index (χ0n) is 18.1. The summed E-state index contributed by atoms with van der Waals surface area (Å²) in [5.74, 6) is -0.871. The summed E-state index contributed by atoms with van der Waals surface area (Å²) in [6, 6.07) is 0. The largest absolute Gasteiger partial charge is 0.480 e. The summed E-state index contributed by atoms with van der Waals surface area (Å²) < 4.78 is 0. The lowest BCUT2D eigenvalue weighted by atomic mass is 9.77. The molecule has 0 radical (unpaired) electrons. The summed E-state index contributed by atoms with van der Waals surface area (Å²) in [6.07, 6.45) is 15.5. The van der Waals surface area contributed by atoms with Gasteiger partial charge in [0.2, 0.25) is 0 Å². The Hall–Kier alpha value is -1.24. The molecule has 1 aliphatic carbocycles. The Morgan fingerprint density at radius 1 is 1.03 bits per heavy atom. The third-order valence-corrected chi connectivity index (χ3v) is 6.36. The van der Waals surface area contributed by atoms with E-state index in [1.807, 2.05) is 12.2 Å². The molecule has 6 heteroatoms. The van der Waals surface area contributed by atoms with Crippen molar-refractivity contribution < 1.29 is 24.9 Å². The lowest BCUT2D eigenvalue weighted by molar-refractivity contribution is -0.151. The van der Waals surface area contributed by atoms with Gasteiger partial charge in [-0.15, -0.1) is 0 Å². The third-order valence-electron chi connectivity index (χ3n) is 6.36. The number of carbonyl (C=O) groups excluding carboxylic acids is 1. The predicted molar refractivity (Wildman–Crippen MR) is 115 cm³/mol. The summed E-state index contributed by atoms with van der Waals surface area (Å²) in [7, 11) is 0. The van der Waals surface area contributed by atoms with Gasteiger partial charge in [0.05, 0.1) is 12.7 Å². The molecule has 29 heavy (non-hydrogen) atoms. The van der Waals surface area contributed by atoms with Crippen LogP contribution in [0.4, 0.5) is 0 Å². The smallest absolute Gasteiger partial charge is 0.326 e. The maximum atomic E-state index is 11.8. The molecule has 168 valence electrons. The number of Topliss-reactive ketones (excluding diaryl/α,β-unsaturated/α-hetero) is 1. The van der Waals surface area contributed by atoms with Gasteiger partial charge in [0, 0.05) is 18.3 Å². The van der Waals surface area contributed by atoms with Crippen LogP contribution < -0.4 is 5.73 Å². The van der Waals surface area contributed by atoms with Gasteiger partial charge in [-0.25, -0.2) is 0 Å². The van der Waals surface area contributed by atoms with Crippen LogP contribution in [0.1, 0.15) is 96.8 Å². The molecule has 0 aromatic rings. The van der Waals surface area contributed by atoms with Crippen molar-refractivity contribution in [2.24, 2.45) is 11.1 Å². The molecule has 0 spiro atoms. The van der Waals surface area contributed by atoms with E-state index in [0.717, 1.165) is 51.4 Å². The number of ketones is 1. The zero-order valence-corrected chi connectivity index (χ0v) is 18.1. The summed E-state index contributed by atoms with van der Waals surface area (Å²) in [6.45, 7) is 1.49. The van der Waals surface area contributed by atoms with Gasteiger partial charge in [-0.2, -0.15) is 0 Å². The van der Waals surface area contributed by atoms with Crippen LogP contribution in [0, 0.1) is 5.41 Å². The topological polar surface area (TPSA) is 121 Å². The van der Waals surface area contributed by atoms with Gasteiger partial charge in [0.15, 0.2) is 0 Å². The molecular weight excluding hydrogens is 370 g/mol. The Morgan fingerprint density at radius 2 is 1.62 bits per heavy atom. The number of carbonyl (C=O) groups is 2. The van der Waals surface area contributed by atoms with Gasteiger partial charge >= 0.3 is 5.97 Å². The number of aliphatic hydroxyl groups excluding tert-OH is 2. The molecule has 0 aromatic carbocycles. The van der Waals surface area contributed by atoms with E-state index in [9.17, 15) is 24.9 Å². The van der Waals surface area contributed by atoms with Crippen molar-refractivity contribution in [1.82, 2.24) is 0 Å². The quantitative estimate of drug-likeness (QED) is 0.201. The van der Waals surface area contributed by atoms with E-state index in [0.29, 0.717) is 31.5 Å². The second-order valence-corrected chi connectivity index (χ2v) is 8.62. The number of nitrogens with two attached hydrogens (primary N) is 1. The molecule has 1 fully saturated rings. The fraction of sp³-hybridized carbons (Fsp3) is 0.826. The van der Waals surface area contributed by atoms with Gasteiger partial charge in [-0.05, 0) is 44.9 Å². The monoisotopic (exact) mass is 411 g/mol. The molecule has 0 aromatic heterocycles. The minimum atomic E-state index is -1.78. The molecule has 1 rings (SSSR count). The number of aliphatic carboxylic acids is 1. The van der Waals surface area contributed by atoms with E-state index < -0.39 is 29.6 Å². The number of carboxylic acids is 1. The van der Waals surface area contributed by atoms with Crippen LogP contribution in [0.15, 0.2) is 12.2 Å². The van der Waals surface area contributed by atoms with Gasteiger partial charge in [0.1, 0.15) is 11.3 Å². The van der Waals surface area contributed by atoms with E-state index >= 15 is 0 Å². The number of unbranched alkanes of at least 4 members (excludes halogenated alkanes) is 7. The summed E-state index contributed by atoms with van der Waals surface area (Å²) in [4.78, 5) is 23.2. The maximum absolute atomic E-state index is 11.8. The molecule has 2 atom stereocenters. The van der Waals surface area contributed by atoms with Crippen LogP contribution >= 0.6 is 0 Å². The average Bonchev–Trinajstić information content (AvgIpc) is 3.51. The molecule has 0 aliphatic heterocycles. The predicted octanol–water partition coefficient (Wildman–Crippen LogP) is 3.73. The van der Waals surface area contributed by atoms with Gasteiger partial charge in [0.25, 0.3) is 0 Å². The Bertz CT molecular complexity index is 529. The normalized spacial score (nSPS) is 18.5. The van der Waals surface area contributed by atoms with Crippen LogP contribution in [0.25, 0.3) is 0 Å². The SMILES string of the molecule is CCCCCCC(=O)CCCCCC/C=C/C[C@@H](O)C1(C(N)(CO)C(=O)O)CC1. The number of rotatable bonds is 18. The number of hydrogen-bond acceptors (Lipinski definition) is 5. The molecule has 6 nitrogen and oxygen atoms in total. The lowest BCUT2D eigenvalue weighted by Crippen LogP contribution is -2.61. The fourth-order valence-corrected chi connectivity index (χ4v) is 4.03. The van der Waals surface area contributed by atoms with Crippen molar-refractivity contribution in [2.75, 3.05) is 6.61 Å². The van der Waals surface area contributed by atoms with Crippen molar-refractivity contribution in [3.05, 3.63) is 12.2 Å². The Kier molecular flexibility index (Phi) is 11.7. The number of aliphatic hydroxyl groups is 2. The summed E-state index contributed by atoms with van der Waals surface area (Å²) in [5, 5.41) is 29.2. The second kappa shape index (κ2) is 13.1. The highest BCUT2D eigenvalue weighted by atomic mass is 16.4. The molecule has 0 heterocycles. The fourth-order valence-electron chi connectivity index (χ4n) is 4.03. The average molecular weight is 412 g/mol. The first-order valence-corrected chi connectivity index (χ1v) is 11.3. The highest BCUT2D eigenvalue weighted by Gasteiger charge is 2.64. The number of hydrogen-bond donors (Lipinski definition) is 4. The summed E-state index contributed by atoms with van der Waals surface area (Å²) in [5.41, 5.74) is 3.17. The standard InChI is InChI=1S/C23H41NO5/c1-2-3-4-10-13-19(26)14-11-8-6-5-7-9-12-15-20(27)22(16-17-22)23(24,18-25)21(28)29/h9,12,20,25,27H,2-8,10-11,13-18,24H2,1H3,(H,28,29)/b12-9+/t20-,23?/m1/s1. The Labute approximate surface area is 175 Å². The van der Waals surface area contributed by atoms with Crippen molar-refractivity contribution in [3.8, 4) is 0 Å². The molecular formula is C23H41NO5. The molecule has 5 N–H and O–H groups in total. The first-order chi connectivity index (χ1) is 13.8. The second-order valence-electron chi connectivity index (χ2n) is 8.62. The first-order valence-electron chi connectivity index (χ1n) is 11.3. The Morgan fingerprint density at radius 3 is 2.14 bits per heavy atom. The van der Waals surface area contributed by atoms with Crippen LogP contribution in [-0.4, -0.2) is 45.3 Å². The molecule has 0 amide bonds. The van der Waals surface area contributed by atoms with Crippen molar-refractivity contribution >= 4 is 11.8 Å². The molecule has 0 saturated heterocycles. The van der Waals surface area contributed by atoms with Gasteiger partial charge in [-0.3, -0.25) is 9.59 Å². The maximum Gasteiger partial charge on any atom is 0.326 e. The van der Waals surface area contributed by atoms with Crippen molar-refractivity contribution in [1.29, 1.82) is 0 Å². The van der Waals surface area contributed by atoms with E-state index in [2.05, 4.69) is 6.92 Å². The van der Waals surface area contributed by atoms with E-state index in [-0.39, 0.29) is 0 Å². The highest BCUT2D eigenvalue weighted by Crippen LogP contribution is 2.56. The Balaban J connectivity index is 2.12. The molecule has 0 bridgehead atoms. The van der Waals surface area contributed by atoms with Crippen molar-refractivity contribution in [3.63, 3.8) is 0 Å². The van der Waals surface area contributed by atoms with Gasteiger partial charge < -0.3 is 21.1 Å². The van der Waals surface area contributed by atoms with Crippen LogP contribution in [-0.2, 0) is 9.59 Å². The van der Waals surface area contributed by atoms with Crippen LogP contribution in [0.3, 0.4) is 0 Å². The van der Waals surface area contributed by atoms with E-state index in [1.54, 1.807) is 0 Å². The number of carboxylic acid groups (broad SMARTS) is 1. The molecule has 1 aliphatic rings. The number of allylic oxidation sites excluding steroid dienone is 1.